The molecule has 2 atom stereocenters. The van der Waals surface area contributed by atoms with Crippen LogP contribution in [0.4, 0.5) is 5.69 Å². The molecular formula is C25H36N2O6S. The van der Waals surface area contributed by atoms with Crippen LogP contribution < -0.4 is 5.73 Å². The van der Waals surface area contributed by atoms with Crippen LogP contribution in [0.15, 0.2) is 40.8 Å². The Hall–Kier alpha value is -3.33. The first kappa shape index (κ1) is 30.7. The number of H-pyrrole nitrogens is 1. The Morgan fingerprint density at radius 3 is 2.00 bits per heavy atom. The molecule has 0 spiro atoms. The molecule has 0 aliphatic rings. The molecule has 188 valence electrons. The third-order valence-corrected chi connectivity index (χ3v) is 4.96. The normalized spacial score (nSPS) is 11.6. The minimum atomic E-state index is -0.368. The number of carbonyl (C=O) groups is 2. The van der Waals surface area contributed by atoms with Crippen LogP contribution in [-0.4, -0.2) is 35.2 Å². The summed E-state index contributed by atoms with van der Waals surface area (Å²) < 4.78 is 15.1. The van der Waals surface area contributed by atoms with Gasteiger partial charge in [-0.2, -0.15) is 0 Å². The van der Waals surface area contributed by atoms with Crippen molar-refractivity contribution in [3.05, 3.63) is 52.4 Å². The first-order valence-corrected chi connectivity index (χ1v) is 10.6. The quantitative estimate of drug-likeness (QED) is 0.164. The van der Waals surface area contributed by atoms with Gasteiger partial charge in [0.05, 0.1) is 36.3 Å². The van der Waals surface area contributed by atoms with Gasteiger partial charge in [-0.15, -0.1) is 0 Å². The number of anilines is 1. The molecule has 1 aromatic heterocycles. The van der Waals surface area contributed by atoms with Gasteiger partial charge in [-0.05, 0) is 75.3 Å². The number of ether oxygens (including phenoxy) is 2. The third-order valence-electron chi connectivity index (χ3n) is 4.77. The van der Waals surface area contributed by atoms with Crippen molar-refractivity contribution in [2.45, 2.75) is 54.4 Å². The van der Waals surface area contributed by atoms with E-state index in [1.807, 2.05) is 19.1 Å². The highest BCUT2D eigenvalue weighted by atomic mass is 32.1. The summed E-state index contributed by atoms with van der Waals surface area (Å²) in [5, 5.41) is 9.23. The third kappa shape index (κ3) is 7.91. The molecule has 2 unspecified atom stereocenters. The number of benzene rings is 2. The molecule has 0 saturated heterocycles. The van der Waals surface area contributed by atoms with Gasteiger partial charge in [0.25, 0.3) is 4.84 Å². The lowest BCUT2D eigenvalue weighted by Crippen LogP contribution is -2.13. The molecule has 3 rings (SSSR count). The van der Waals surface area contributed by atoms with Crippen LogP contribution in [0.1, 0.15) is 65.5 Å². The number of aromatic hydroxyl groups is 1. The number of oxazole rings is 1. The fraction of sp³-hybridized carbons (Fsp3) is 0.400. The monoisotopic (exact) mass is 492 g/mol. The lowest BCUT2D eigenvalue weighted by atomic mass is 10.0. The molecule has 2 aromatic carbocycles. The van der Waals surface area contributed by atoms with Gasteiger partial charge in [-0.25, -0.2) is 0 Å². The van der Waals surface area contributed by atoms with Crippen molar-refractivity contribution in [2.24, 2.45) is 0 Å². The Labute approximate surface area is 206 Å². The molecule has 9 heteroatoms. The summed E-state index contributed by atoms with van der Waals surface area (Å²) in [6, 6.07) is 10.2. The number of nitrogen functional groups attached to an aromatic ring is 1. The van der Waals surface area contributed by atoms with Crippen molar-refractivity contribution in [3.8, 4) is 5.75 Å². The van der Waals surface area contributed by atoms with Crippen molar-refractivity contribution >= 4 is 40.9 Å². The summed E-state index contributed by atoms with van der Waals surface area (Å²) >= 11 is 4.90. The Morgan fingerprint density at radius 1 is 1.00 bits per heavy atom. The minimum Gasteiger partial charge on any atom is -0.506 e. The van der Waals surface area contributed by atoms with E-state index in [0.717, 1.165) is 16.6 Å². The predicted molar refractivity (Wildman–Crippen MR) is 137 cm³/mol. The standard InChI is InChI=1S/C12H13NO3S.C11H15NO3.2CH4/c1-3-15-11(14)7(2)8-4-5-10-9(6-8)13-12(17)16-10;1-3-15-11(14)7(2)8-4-5-10(13)9(12)6-8;;/h4-7H,3H2,1-2H3,(H,13,17);4-7,13H,3,12H2,1-2H3;2*1H4. The van der Waals surface area contributed by atoms with Gasteiger partial charge in [0.1, 0.15) is 5.75 Å². The summed E-state index contributed by atoms with van der Waals surface area (Å²) in [5.41, 5.74) is 8.90. The molecule has 0 aliphatic heterocycles. The van der Waals surface area contributed by atoms with E-state index >= 15 is 0 Å². The Kier molecular flexibility index (Phi) is 12.7. The second-order valence-corrected chi connectivity index (χ2v) is 7.41. The van der Waals surface area contributed by atoms with Crippen LogP contribution in [0, 0.1) is 4.84 Å². The maximum Gasteiger partial charge on any atom is 0.313 e. The number of phenols is 1. The van der Waals surface area contributed by atoms with E-state index in [0.29, 0.717) is 23.6 Å². The molecule has 8 nitrogen and oxygen atoms in total. The lowest BCUT2D eigenvalue weighted by Gasteiger charge is -2.11. The summed E-state index contributed by atoms with van der Waals surface area (Å²) in [7, 11) is 0. The number of carbonyl (C=O) groups excluding carboxylic acids is 2. The van der Waals surface area contributed by atoms with E-state index in [9.17, 15) is 14.7 Å². The highest BCUT2D eigenvalue weighted by Crippen LogP contribution is 2.26. The number of fused-ring (bicyclic) bond motifs is 1. The number of hydrogen-bond acceptors (Lipinski definition) is 8. The summed E-state index contributed by atoms with van der Waals surface area (Å²) in [6.45, 7) is 7.85. The predicted octanol–water partition coefficient (Wildman–Crippen LogP) is 6.07. The molecule has 3 aromatic rings. The van der Waals surface area contributed by atoms with Gasteiger partial charge in [0.15, 0.2) is 5.58 Å². The Balaban J connectivity index is 0.000000610. The van der Waals surface area contributed by atoms with Crippen LogP contribution in [0.25, 0.3) is 11.1 Å². The summed E-state index contributed by atoms with van der Waals surface area (Å²) in [6.07, 6.45) is 0. The van der Waals surface area contributed by atoms with E-state index < -0.39 is 0 Å². The van der Waals surface area contributed by atoms with E-state index in [2.05, 4.69) is 4.98 Å². The first-order valence-electron chi connectivity index (χ1n) is 10.2. The highest BCUT2D eigenvalue weighted by Gasteiger charge is 2.18. The maximum absolute atomic E-state index is 11.6. The van der Waals surface area contributed by atoms with Crippen molar-refractivity contribution in [3.63, 3.8) is 0 Å². The zero-order valence-corrected chi connectivity index (χ0v) is 19.3. The minimum absolute atomic E-state index is 0. The second kappa shape index (κ2) is 14.0. The van der Waals surface area contributed by atoms with Crippen molar-refractivity contribution in [1.82, 2.24) is 4.98 Å². The first-order chi connectivity index (χ1) is 15.2. The van der Waals surface area contributed by atoms with Gasteiger partial charge < -0.3 is 29.7 Å². The number of rotatable bonds is 6. The van der Waals surface area contributed by atoms with Gasteiger partial charge in [-0.1, -0.05) is 27.0 Å². The molecule has 0 aliphatic carbocycles. The smallest absolute Gasteiger partial charge is 0.313 e. The number of nitrogens with one attached hydrogen (secondary N) is 1. The average molecular weight is 493 g/mol. The number of esters is 2. The lowest BCUT2D eigenvalue weighted by molar-refractivity contribution is -0.145. The van der Waals surface area contributed by atoms with Crippen LogP contribution >= 0.6 is 12.2 Å². The SMILES string of the molecule is C.C.CCOC(=O)C(C)c1ccc(O)c(N)c1.CCOC(=O)C(C)c1ccc2oc(=S)[nH]c2c1. The average Bonchev–Trinajstić information content (AvgIpc) is 3.14. The van der Waals surface area contributed by atoms with E-state index in [4.69, 9.17) is 31.8 Å². The van der Waals surface area contributed by atoms with Crippen molar-refractivity contribution < 1.29 is 28.6 Å². The topological polar surface area (TPSA) is 128 Å². The molecule has 0 bridgehead atoms. The van der Waals surface area contributed by atoms with E-state index in [1.165, 1.54) is 6.07 Å². The molecule has 0 saturated carbocycles. The maximum atomic E-state index is 11.6. The summed E-state index contributed by atoms with van der Waals surface area (Å²) in [5.74, 6) is -1.16. The molecule has 34 heavy (non-hydrogen) atoms. The van der Waals surface area contributed by atoms with Crippen LogP contribution in [0.3, 0.4) is 0 Å². The number of hydrogen-bond donors (Lipinski definition) is 3. The fourth-order valence-electron chi connectivity index (χ4n) is 2.89. The number of aromatic nitrogens is 1. The summed E-state index contributed by atoms with van der Waals surface area (Å²) in [4.78, 5) is 26.3. The zero-order chi connectivity index (χ0) is 23.8. The molecule has 4 N–H and O–H groups in total. The van der Waals surface area contributed by atoms with E-state index in [-0.39, 0.29) is 50.1 Å². The van der Waals surface area contributed by atoms with Gasteiger partial charge >= 0.3 is 11.9 Å². The zero-order valence-electron chi connectivity index (χ0n) is 18.5. The Bertz CT molecular complexity index is 1140. The highest BCUT2D eigenvalue weighted by molar-refractivity contribution is 7.71. The van der Waals surface area contributed by atoms with Crippen LogP contribution in [0.5, 0.6) is 5.75 Å². The van der Waals surface area contributed by atoms with Gasteiger partial charge in [0.2, 0.25) is 0 Å². The fourth-order valence-corrected chi connectivity index (χ4v) is 3.09. The number of nitrogens with two attached hydrogens (primary N) is 1. The van der Waals surface area contributed by atoms with E-state index in [1.54, 1.807) is 39.0 Å². The van der Waals surface area contributed by atoms with Crippen LogP contribution in [0.2, 0.25) is 0 Å². The van der Waals surface area contributed by atoms with Crippen molar-refractivity contribution in [2.75, 3.05) is 18.9 Å². The van der Waals surface area contributed by atoms with Gasteiger partial charge in [0, 0.05) is 0 Å². The largest absolute Gasteiger partial charge is 0.506 e. The molecule has 0 radical (unpaired) electrons. The number of aromatic amines is 1. The molecule has 0 fully saturated rings. The number of phenolic OH excluding ortho intramolecular Hbond substituents is 1. The molecular weight excluding hydrogens is 456 g/mol. The van der Waals surface area contributed by atoms with Crippen LogP contribution in [-0.2, 0) is 19.1 Å². The molecule has 1 heterocycles. The molecule has 0 amide bonds. The second-order valence-electron chi connectivity index (χ2n) is 7.04. The van der Waals surface area contributed by atoms with Crippen molar-refractivity contribution in [1.29, 1.82) is 0 Å². The Morgan fingerprint density at radius 2 is 1.50 bits per heavy atom. The van der Waals surface area contributed by atoms with Gasteiger partial charge in [-0.3, -0.25) is 9.59 Å².